The lowest BCUT2D eigenvalue weighted by atomic mass is 9.64. The van der Waals surface area contributed by atoms with Gasteiger partial charge in [0.2, 0.25) is 0 Å². The van der Waals surface area contributed by atoms with Gasteiger partial charge in [-0.2, -0.15) is 0 Å². The molecule has 0 radical (unpaired) electrons. The minimum absolute atomic E-state index is 0.299. The van der Waals surface area contributed by atoms with Crippen LogP contribution < -0.4 is 5.73 Å². The number of hydrogen-bond donors (Lipinski definition) is 1. The topological polar surface area (TPSA) is 26.0 Å². The maximum absolute atomic E-state index is 5.99. The summed E-state index contributed by atoms with van der Waals surface area (Å²) in [6.07, 6.45) is 2.44. The van der Waals surface area contributed by atoms with E-state index in [1.54, 1.807) is 11.1 Å². The quantitative estimate of drug-likeness (QED) is 0.784. The van der Waals surface area contributed by atoms with E-state index in [1.807, 2.05) is 0 Å². The summed E-state index contributed by atoms with van der Waals surface area (Å²) in [6, 6.07) is 6.94. The van der Waals surface area contributed by atoms with Gasteiger partial charge in [0.25, 0.3) is 0 Å². The van der Waals surface area contributed by atoms with Crippen molar-refractivity contribution < 1.29 is 0 Å². The zero-order valence-electron chi connectivity index (χ0n) is 11.6. The molecule has 2 N–H and O–H groups in total. The van der Waals surface area contributed by atoms with Gasteiger partial charge in [-0.05, 0) is 54.7 Å². The molecule has 0 saturated carbocycles. The van der Waals surface area contributed by atoms with Crippen molar-refractivity contribution in [2.24, 2.45) is 17.1 Å². The Morgan fingerprint density at radius 1 is 1.29 bits per heavy atom. The maximum Gasteiger partial charge on any atom is -0.00427 e. The molecule has 1 aromatic rings. The number of fused-ring (bicyclic) bond motifs is 1. The number of hydrogen-bond acceptors (Lipinski definition) is 1. The lowest BCUT2D eigenvalue weighted by Crippen LogP contribution is -2.35. The highest BCUT2D eigenvalue weighted by Crippen LogP contribution is 2.46. The molecule has 1 aliphatic rings. The van der Waals surface area contributed by atoms with Gasteiger partial charge in [0.15, 0.2) is 0 Å². The summed E-state index contributed by atoms with van der Waals surface area (Å²) >= 11 is 0. The maximum atomic E-state index is 5.99. The van der Waals surface area contributed by atoms with Gasteiger partial charge in [0.1, 0.15) is 0 Å². The third kappa shape index (κ3) is 2.40. The first-order valence-electron chi connectivity index (χ1n) is 6.73. The van der Waals surface area contributed by atoms with Gasteiger partial charge in [0, 0.05) is 0 Å². The van der Waals surface area contributed by atoms with Crippen molar-refractivity contribution in [3.05, 3.63) is 34.9 Å². The number of aryl methyl sites for hydroxylation is 2. The molecule has 0 aliphatic heterocycles. The Bertz CT molecular complexity index is 400. The monoisotopic (exact) mass is 231 g/mol. The fourth-order valence-corrected chi connectivity index (χ4v) is 3.42. The second-order valence-corrected chi connectivity index (χ2v) is 6.58. The third-order valence-corrected chi connectivity index (χ3v) is 4.13. The Kier molecular flexibility index (Phi) is 3.31. The van der Waals surface area contributed by atoms with E-state index in [0.29, 0.717) is 17.3 Å². The van der Waals surface area contributed by atoms with Gasteiger partial charge in [-0.1, -0.05) is 44.5 Å². The molecule has 2 atom stereocenters. The molecule has 0 spiro atoms. The minimum atomic E-state index is 0.299. The largest absolute Gasteiger partial charge is 0.330 e. The van der Waals surface area contributed by atoms with E-state index in [9.17, 15) is 0 Å². The summed E-state index contributed by atoms with van der Waals surface area (Å²) in [6.45, 7) is 10.0. The van der Waals surface area contributed by atoms with Crippen LogP contribution in [0.15, 0.2) is 18.2 Å². The number of benzene rings is 1. The van der Waals surface area contributed by atoms with Crippen LogP contribution in [0.5, 0.6) is 0 Å². The first kappa shape index (κ1) is 12.6. The Hall–Kier alpha value is -0.820. The van der Waals surface area contributed by atoms with Gasteiger partial charge in [-0.25, -0.2) is 0 Å². The van der Waals surface area contributed by atoms with Gasteiger partial charge >= 0.3 is 0 Å². The lowest BCUT2D eigenvalue weighted by Gasteiger charge is -2.41. The fourth-order valence-electron chi connectivity index (χ4n) is 3.42. The van der Waals surface area contributed by atoms with Gasteiger partial charge in [0.05, 0.1) is 0 Å². The van der Waals surface area contributed by atoms with Crippen molar-refractivity contribution in [1.29, 1.82) is 0 Å². The molecular weight excluding hydrogens is 206 g/mol. The second kappa shape index (κ2) is 4.45. The molecule has 0 aromatic heterocycles. The van der Waals surface area contributed by atoms with Crippen LogP contribution in [0.4, 0.5) is 0 Å². The summed E-state index contributed by atoms with van der Waals surface area (Å²) in [7, 11) is 0. The molecule has 94 valence electrons. The van der Waals surface area contributed by atoms with Crippen LogP contribution in [0, 0.1) is 18.3 Å². The molecule has 0 bridgehead atoms. The summed E-state index contributed by atoms with van der Waals surface area (Å²) in [5.74, 6) is 1.25. The molecule has 1 nitrogen and oxygen atoms in total. The molecule has 1 aromatic carbocycles. The molecule has 0 saturated heterocycles. The zero-order chi connectivity index (χ0) is 12.6. The highest BCUT2D eigenvalue weighted by atomic mass is 14.6. The number of rotatable bonds is 1. The van der Waals surface area contributed by atoms with Crippen LogP contribution in [0.3, 0.4) is 0 Å². The standard InChI is InChI=1S/C16H25N/c1-11-5-6-12-7-8-13(10-17)15(14(12)9-11)16(2,3)4/h5-6,9,13,15H,7-8,10,17H2,1-4H3. The van der Waals surface area contributed by atoms with E-state index in [-0.39, 0.29) is 0 Å². The molecule has 0 heterocycles. The Balaban J connectivity index is 2.49. The normalized spacial score (nSPS) is 24.5. The summed E-state index contributed by atoms with van der Waals surface area (Å²) in [5.41, 5.74) is 10.8. The first-order chi connectivity index (χ1) is 7.93. The first-order valence-corrected chi connectivity index (χ1v) is 6.73. The molecule has 2 rings (SSSR count). The van der Waals surface area contributed by atoms with Crippen molar-refractivity contribution in [1.82, 2.24) is 0 Å². The SMILES string of the molecule is Cc1ccc2c(c1)C(C(C)(C)C)C(CN)CC2. The van der Waals surface area contributed by atoms with Crippen LogP contribution in [-0.2, 0) is 6.42 Å². The summed E-state index contributed by atoms with van der Waals surface area (Å²) in [5, 5.41) is 0. The highest BCUT2D eigenvalue weighted by molar-refractivity contribution is 5.38. The van der Waals surface area contributed by atoms with E-state index in [0.717, 1.165) is 6.54 Å². The van der Waals surface area contributed by atoms with Crippen LogP contribution in [0.2, 0.25) is 0 Å². The van der Waals surface area contributed by atoms with E-state index in [1.165, 1.54) is 18.4 Å². The smallest absolute Gasteiger partial charge is 0.00427 e. The number of nitrogens with two attached hydrogens (primary N) is 1. The second-order valence-electron chi connectivity index (χ2n) is 6.58. The predicted octanol–water partition coefficient (Wildman–Crippen LogP) is 3.65. The Labute approximate surface area is 105 Å². The highest BCUT2D eigenvalue weighted by Gasteiger charge is 2.36. The Morgan fingerprint density at radius 2 is 2.00 bits per heavy atom. The minimum Gasteiger partial charge on any atom is -0.330 e. The van der Waals surface area contributed by atoms with E-state index < -0.39 is 0 Å². The van der Waals surface area contributed by atoms with Gasteiger partial charge < -0.3 is 5.73 Å². The van der Waals surface area contributed by atoms with Crippen LogP contribution >= 0.6 is 0 Å². The van der Waals surface area contributed by atoms with Crippen molar-refractivity contribution >= 4 is 0 Å². The third-order valence-electron chi connectivity index (χ3n) is 4.13. The molecular formula is C16H25N. The zero-order valence-corrected chi connectivity index (χ0v) is 11.6. The van der Waals surface area contributed by atoms with Crippen LogP contribution in [-0.4, -0.2) is 6.54 Å². The summed E-state index contributed by atoms with van der Waals surface area (Å²) < 4.78 is 0. The van der Waals surface area contributed by atoms with Crippen molar-refractivity contribution in [3.63, 3.8) is 0 Å². The lowest BCUT2D eigenvalue weighted by molar-refractivity contribution is 0.216. The van der Waals surface area contributed by atoms with Crippen LogP contribution in [0.1, 0.15) is 49.8 Å². The molecule has 2 unspecified atom stereocenters. The van der Waals surface area contributed by atoms with E-state index in [4.69, 9.17) is 5.73 Å². The van der Waals surface area contributed by atoms with Crippen LogP contribution in [0.25, 0.3) is 0 Å². The summed E-state index contributed by atoms with van der Waals surface area (Å²) in [4.78, 5) is 0. The molecule has 17 heavy (non-hydrogen) atoms. The van der Waals surface area contributed by atoms with Crippen molar-refractivity contribution in [2.75, 3.05) is 6.54 Å². The predicted molar refractivity (Wildman–Crippen MR) is 74.2 cm³/mol. The van der Waals surface area contributed by atoms with Crippen molar-refractivity contribution in [2.45, 2.75) is 46.5 Å². The average Bonchev–Trinajstić information content (AvgIpc) is 2.25. The Morgan fingerprint density at radius 3 is 2.59 bits per heavy atom. The van der Waals surface area contributed by atoms with E-state index >= 15 is 0 Å². The van der Waals surface area contributed by atoms with E-state index in [2.05, 4.69) is 45.9 Å². The van der Waals surface area contributed by atoms with Crippen molar-refractivity contribution in [3.8, 4) is 0 Å². The molecule has 1 aliphatic carbocycles. The molecule has 0 amide bonds. The van der Waals surface area contributed by atoms with Gasteiger partial charge in [-0.15, -0.1) is 0 Å². The molecule has 0 fully saturated rings. The fraction of sp³-hybridized carbons (Fsp3) is 0.625. The average molecular weight is 231 g/mol. The molecule has 1 heteroatoms. The van der Waals surface area contributed by atoms with Gasteiger partial charge in [-0.3, -0.25) is 0 Å².